The lowest BCUT2D eigenvalue weighted by Gasteiger charge is -2.29. The highest BCUT2D eigenvalue weighted by atomic mass is 32.2. The molecule has 2 aromatic rings. The molecule has 0 unspecified atom stereocenters. The number of sulfonamides is 1. The van der Waals surface area contributed by atoms with Gasteiger partial charge >= 0.3 is 0 Å². The number of benzene rings is 2. The molecule has 0 spiro atoms. The summed E-state index contributed by atoms with van der Waals surface area (Å²) in [6.45, 7) is 1.10. The maximum atomic E-state index is 12.6. The molecule has 0 saturated carbocycles. The number of fused-ring (bicyclic) bond motifs is 1. The average Bonchev–Trinajstić information content (AvgIpc) is 2.71. The second-order valence-electron chi connectivity index (χ2n) is 6.55. The largest absolute Gasteiger partial charge is 0.497 e. The highest BCUT2D eigenvalue weighted by molar-refractivity contribution is 7.89. The number of aryl methyl sites for hydroxylation is 1. The molecule has 144 valence electrons. The standard InChI is InChI=1S/C20H24N2O4S/c1-21-27(24,25)19-8-7-16-10-11-22(14-17(16)13-19)20(23)9-6-15-4-3-5-18(12-15)26-2/h3-5,7-8,12-13,21H,6,9-11,14H2,1-2H3. The molecule has 0 fully saturated rings. The second kappa shape index (κ2) is 8.10. The number of nitrogens with one attached hydrogen (secondary N) is 1. The van der Waals surface area contributed by atoms with Gasteiger partial charge in [0.25, 0.3) is 0 Å². The molecule has 0 aliphatic carbocycles. The second-order valence-corrected chi connectivity index (χ2v) is 8.44. The van der Waals surface area contributed by atoms with Crippen LogP contribution in [-0.4, -0.2) is 39.9 Å². The van der Waals surface area contributed by atoms with Gasteiger partial charge in [-0.3, -0.25) is 4.79 Å². The van der Waals surface area contributed by atoms with E-state index in [0.29, 0.717) is 25.9 Å². The molecule has 1 heterocycles. The van der Waals surface area contributed by atoms with Gasteiger partial charge in [-0.15, -0.1) is 0 Å². The molecule has 27 heavy (non-hydrogen) atoms. The number of carbonyl (C=O) groups excluding carboxylic acids is 1. The summed E-state index contributed by atoms with van der Waals surface area (Å²) in [5, 5.41) is 0. The van der Waals surface area contributed by atoms with Crippen molar-refractivity contribution in [2.45, 2.75) is 30.7 Å². The molecule has 7 heteroatoms. The van der Waals surface area contributed by atoms with Crippen molar-refractivity contribution in [1.82, 2.24) is 9.62 Å². The Balaban J connectivity index is 1.67. The summed E-state index contributed by atoms with van der Waals surface area (Å²) in [5.74, 6) is 0.857. The predicted octanol–water partition coefficient (Wildman–Crippen LogP) is 2.12. The van der Waals surface area contributed by atoms with E-state index in [4.69, 9.17) is 4.74 Å². The van der Waals surface area contributed by atoms with Gasteiger partial charge in [0, 0.05) is 19.5 Å². The fourth-order valence-corrected chi connectivity index (χ4v) is 4.05. The third-order valence-corrected chi connectivity index (χ3v) is 6.30. The first-order valence-corrected chi connectivity index (χ1v) is 10.4. The van der Waals surface area contributed by atoms with Gasteiger partial charge in [0.05, 0.1) is 12.0 Å². The minimum absolute atomic E-state index is 0.0744. The van der Waals surface area contributed by atoms with E-state index < -0.39 is 10.0 Å². The summed E-state index contributed by atoms with van der Waals surface area (Å²) >= 11 is 0. The van der Waals surface area contributed by atoms with Crippen LogP contribution in [0.4, 0.5) is 0 Å². The Morgan fingerprint density at radius 3 is 2.74 bits per heavy atom. The highest BCUT2D eigenvalue weighted by Gasteiger charge is 2.22. The van der Waals surface area contributed by atoms with E-state index in [1.54, 1.807) is 24.1 Å². The predicted molar refractivity (Wildman–Crippen MR) is 103 cm³/mol. The Morgan fingerprint density at radius 1 is 1.19 bits per heavy atom. The van der Waals surface area contributed by atoms with Crippen molar-refractivity contribution < 1.29 is 17.9 Å². The van der Waals surface area contributed by atoms with Crippen molar-refractivity contribution in [3.8, 4) is 5.75 Å². The summed E-state index contributed by atoms with van der Waals surface area (Å²) in [4.78, 5) is 14.7. The Labute approximate surface area is 160 Å². The lowest BCUT2D eigenvalue weighted by molar-refractivity contribution is -0.132. The Bertz CT molecular complexity index is 941. The van der Waals surface area contributed by atoms with Gasteiger partial charge in [-0.05, 0) is 60.8 Å². The van der Waals surface area contributed by atoms with Crippen molar-refractivity contribution in [3.63, 3.8) is 0 Å². The Kier molecular flexibility index (Phi) is 5.82. The van der Waals surface area contributed by atoms with E-state index >= 15 is 0 Å². The molecule has 0 radical (unpaired) electrons. The van der Waals surface area contributed by atoms with Crippen LogP contribution >= 0.6 is 0 Å². The molecule has 1 N–H and O–H groups in total. The van der Waals surface area contributed by atoms with Gasteiger partial charge in [-0.1, -0.05) is 18.2 Å². The van der Waals surface area contributed by atoms with Crippen LogP contribution in [0, 0.1) is 0 Å². The van der Waals surface area contributed by atoms with Crippen LogP contribution in [0.5, 0.6) is 5.75 Å². The summed E-state index contributed by atoms with van der Waals surface area (Å²) < 4.78 is 31.6. The number of nitrogens with zero attached hydrogens (tertiary/aromatic N) is 1. The highest BCUT2D eigenvalue weighted by Crippen LogP contribution is 2.23. The zero-order chi connectivity index (χ0) is 19.4. The SMILES string of the molecule is CNS(=O)(=O)c1ccc2c(c1)CN(C(=O)CCc1cccc(OC)c1)CC2. The monoisotopic (exact) mass is 388 g/mol. The molecule has 0 bridgehead atoms. The number of carbonyl (C=O) groups is 1. The minimum Gasteiger partial charge on any atom is -0.497 e. The van der Waals surface area contributed by atoms with E-state index in [9.17, 15) is 13.2 Å². The minimum atomic E-state index is -3.49. The number of ether oxygens (including phenoxy) is 1. The van der Waals surface area contributed by atoms with E-state index in [1.807, 2.05) is 30.3 Å². The Hall–Kier alpha value is -2.38. The normalized spacial score (nSPS) is 13.9. The van der Waals surface area contributed by atoms with Gasteiger partial charge in [0.15, 0.2) is 0 Å². The number of hydrogen-bond acceptors (Lipinski definition) is 4. The first kappa shape index (κ1) is 19.4. The number of amides is 1. The van der Waals surface area contributed by atoms with Crippen molar-refractivity contribution in [1.29, 1.82) is 0 Å². The molecule has 0 atom stereocenters. The quantitative estimate of drug-likeness (QED) is 0.823. The van der Waals surface area contributed by atoms with Crippen LogP contribution in [0.3, 0.4) is 0 Å². The maximum absolute atomic E-state index is 12.6. The van der Waals surface area contributed by atoms with Gasteiger partial charge < -0.3 is 9.64 Å². The van der Waals surface area contributed by atoms with Crippen LogP contribution in [0.25, 0.3) is 0 Å². The average molecular weight is 388 g/mol. The fraction of sp³-hybridized carbons (Fsp3) is 0.350. The first-order valence-electron chi connectivity index (χ1n) is 8.89. The molecule has 6 nitrogen and oxygen atoms in total. The number of rotatable bonds is 6. The summed E-state index contributed by atoms with van der Waals surface area (Å²) in [6, 6.07) is 12.8. The third kappa shape index (κ3) is 4.48. The molecule has 1 amide bonds. The van der Waals surface area contributed by atoms with Crippen LogP contribution in [0.1, 0.15) is 23.1 Å². The van der Waals surface area contributed by atoms with Crippen LogP contribution in [0.15, 0.2) is 47.4 Å². The zero-order valence-electron chi connectivity index (χ0n) is 15.6. The first-order chi connectivity index (χ1) is 12.9. The van der Waals surface area contributed by atoms with Crippen molar-refractivity contribution in [2.75, 3.05) is 20.7 Å². The zero-order valence-corrected chi connectivity index (χ0v) is 16.4. The topological polar surface area (TPSA) is 75.7 Å². The Morgan fingerprint density at radius 2 is 2.00 bits per heavy atom. The molecule has 0 saturated heterocycles. The number of methoxy groups -OCH3 is 1. The maximum Gasteiger partial charge on any atom is 0.240 e. The molecule has 2 aromatic carbocycles. The van der Waals surface area contributed by atoms with Gasteiger partial charge in [0.1, 0.15) is 5.75 Å². The van der Waals surface area contributed by atoms with E-state index in [-0.39, 0.29) is 10.8 Å². The summed E-state index contributed by atoms with van der Waals surface area (Å²) in [7, 11) is -0.473. The molecule has 1 aliphatic heterocycles. The van der Waals surface area contributed by atoms with E-state index in [0.717, 1.165) is 28.9 Å². The van der Waals surface area contributed by atoms with Crippen molar-refractivity contribution >= 4 is 15.9 Å². The van der Waals surface area contributed by atoms with Gasteiger partial charge in [-0.2, -0.15) is 0 Å². The van der Waals surface area contributed by atoms with Crippen molar-refractivity contribution in [2.24, 2.45) is 0 Å². The van der Waals surface area contributed by atoms with E-state index in [2.05, 4.69) is 4.72 Å². The molecule has 3 rings (SSSR count). The van der Waals surface area contributed by atoms with Crippen LogP contribution in [-0.2, 0) is 34.2 Å². The van der Waals surface area contributed by atoms with E-state index in [1.165, 1.54) is 7.05 Å². The van der Waals surface area contributed by atoms with Crippen molar-refractivity contribution in [3.05, 3.63) is 59.2 Å². The molecular weight excluding hydrogens is 364 g/mol. The fourth-order valence-electron chi connectivity index (χ4n) is 3.27. The van der Waals surface area contributed by atoms with Gasteiger partial charge in [0.2, 0.25) is 15.9 Å². The molecular formula is C20H24N2O4S. The van der Waals surface area contributed by atoms with Gasteiger partial charge in [-0.25, -0.2) is 13.1 Å². The van der Waals surface area contributed by atoms with Crippen LogP contribution in [0.2, 0.25) is 0 Å². The number of hydrogen-bond donors (Lipinski definition) is 1. The lowest BCUT2D eigenvalue weighted by atomic mass is 9.99. The summed E-state index contributed by atoms with van der Waals surface area (Å²) in [6.07, 6.45) is 1.80. The lowest BCUT2D eigenvalue weighted by Crippen LogP contribution is -2.36. The third-order valence-electron chi connectivity index (χ3n) is 4.88. The smallest absolute Gasteiger partial charge is 0.240 e. The molecule has 1 aliphatic rings. The summed E-state index contributed by atoms with van der Waals surface area (Å²) in [5.41, 5.74) is 3.05. The molecule has 0 aromatic heterocycles. The van der Waals surface area contributed by atoms with Crippen LogP contribution < -0.4 is 9.46 Å².